The minimum Gasteiger partial charge on any atom is -0.383 e. The third-order valence-corrected chi connectivity index (χ3v) is 3.11. The highest BCUT2D eigenvalue weighted by Gasteiger charge is 2.26. The normalized spacial score (nSPS) is 18.7. The lowest BCUT2D eigenvalue weighted by Gasteiger charge is -2.27. The van der Waals surface area contributed by atoms with Crippen LogP contribution >= 0.6 is 15.9 Å². The van der Waals surface area contributed by atoms with Crippen LogP contribution in [0.15, 0.2) is 0 Å². The number of ether oxygens (including phenoxy) is 1. The lowest BCUT2D eigenvalue weighted by molar-refractivity contribution is -0.128. The average molecular weight is 264 g/mol. The summed E-state index contributed by atoms with van der Waals surface area (Å²) in [6.45, 7) is 0.601. The molecule has 0 aliphatic heterocycles. The van der Waals surface area contributed by atoms with Crippen molar-refractivity contribution >= 4 is 21.8 Å². The molecule has 0 saturated heterocycles. The Labute approximate surface area is 93.7 Å². The Hall–Kier alpha value is -0.0900. The van der Waals surface area contributed by atoms with E-state index in [2.05, 4.69) is 21.2 Å². The van der Waals surface area contributed by atoms with E-state index in [1.165, 1.54) is 6.42 Å². The molecule has 0 bridgehead atoms. The van der Waals surface area contributed by atoms with Crippen LogP contribution in [0.4, 0.5) is 0 Å². The van der Waals surface area contributed by atoms with E-state index in [1.807, 2.05) is 0 Å². The Morgan fingerprint density at radius 1 is 1.64 bits per heavy atom. The standard InChI is InChI=1S/C10H18BrNO2/c1-14-7-9(5-6-11)12-10(13)8-3-2-4-8/h8-9H,2-7H2,1H3,(H,12,13). The monoisotopic (exact) mass is 263 g/mol. The number of hydrogen-bond acceptors (Lipinski definition) is 2. The van der Waals surface area contributed by atoms with E-state index in [0.29, 0.717) is 6.61 Å². The quantitative estimate of drug-likeness (QED) is 0.741. The number of nitrogens with one attached hydrogen (secondary N) is 1. The molecule has 0 aromatic rings. The summed E-state index contributed by atoms with van der Waals surface area (Å²) in [7, 11) is 1.66. The van der Waals surface area contributed by atoms with Crippen LogP contribution in [0, 0.1) is 5.92 Å². The van der Waals surface area contributed by atoms with E-state index >= 15 is 0 Å². The minimum absolute atomic E-state index is 0.160. The van der Waals surface area contributed by atoms with E-state index in [1.54, 1.807) is 7.11 Å². The first-order valence-corrected chi connectivity index (χ1v) is 6.25. The van der Waals surface area contributed by atoms with Crippen molar-refractivity contribution in [2.75, 3.05) is 19.0 Å². The molecule has 1 aliphatic carbocycles. The van der Waals surface area contributed by atoms with E-state index in [-0.39, 0.29) is 17.9 Å². The van der Waals surface area contributed by atoms with Gasteiger partial charge in [-0.2, -0.15) is 0 Å². The summed E-state index contributed by atoms with van der Waals surface area (Å²) in [6, 6.07) is 0.160. The first-order valence-electron chi connectivity index (χ1n) is 5.13. The molecule has 0 spiro atoms. The summed E-state index contributed by atoms with van der Waals surface area (Å²) in [5.74, 6) is 0.476. The van der Waals surface area contributed by atoms with Crippen LogP contribution in [-0.4, -0.2) is 31.0 Å². The van der Waals surface area contributed by atoms with Gasteiger partial charge in [0.15, 0.2) is 0 Å². The molecule has 0 radical (unpaired) electrons. The van der Waals surface area contributed by atoms with Crippen molar-refractivity contribution in [3.63, 3.8) is 0 Å². The molecule has 1 saturated carbocycles. The molecule has 1 fully saturated rings. The van der Waals surface area contributed by atoms with Gasteiger partial charge in [-0.05, 0) is 19.3 Å². The van der Waals surface area contributed by atoms with Gasteiger partial charge in [0, 0.05) is 18.4 Å². The second-order valence-electron chi connectivity index (χ2n) is 3.77. The Kier molecular flexibility index (Phi) is 5.48. The van der Waals surface area contributed by atoms with Crippen LogP contribution in [0.25, 0.3) is 0 Å². The molecule has 1 rings (SSSR count). The molecule has 14 heavy (non-hydrogen) atoms. The highest BCUT2D eigenvalue weighted by molar-refractivity contribution is 9.09. The predicted octanol–water partition coefficient (Wildman–Crippen LogP) is 1.70. The zero-order chi connectivity index (χ0) is 10.4. The zero-order valence-corrected chi connectivity index (χ0v) is 10.2. The molecule has 4 heteroatoms. The smallest absolute Gasteiger partial charge is 0.223 e. The van der Waals surface area contributed by atoms with Crippen molar-refractivity contribution < 1.29 is 9.53 Å². The fraction of sp³-hybridized carbons (Fsp3) is 0.900. The SMILES string of the molecule is COCC(CCBr)NC(=O)C1CCC1. The van der Waals surface area contributed by atoms with Crippen molar-refractivity contribution in [3.05, 3.63) is 0 Å². The molecule has 1 N–H and O–H groups in total. The molecule has 0 heterocycles. The predicted molar refractivity (Wildman–Crippen MR) is 59.6 cm³/mol. The Morgan fingerprint density at radius 3 is 2.79 bits per heavy atom. The van der Waals surface area contributed by atoms with E-state index in [0.717, 1.165) is 24.6 Å². The number of rotatable bonds is 6. The van der Waals surface area contributed by atoms with E-state index in [4.69, 9.17) is 4.74 Å². The molecule has 1 aliphatic rings. The molecule has 0 aromatic heterocycles. The van der Waals surface area contributed by atoms with Gasteiger partial charge in [-0.1, -0.05) is 22.4 Å². The summed E-state index contributed by atoms with van der Waals surface area (Å²) in [5.41, 5.74) is 0. The van der Waals surface area contributed by atoms with Crippen molar-refractivity contribution in [3.8, 4) is 0 Å². The van der Waals surface area contributed by atoms with Gasteiger partial charge in [-0.25, -0.2) is 0 Å². The third kappa shape index (κ3) is 3.58. The van der Waals surface area contributed by atoms with Gasteiger partial charge in [0.05, 0.1) is 12.6 Å². The zero-order valence-electron chi connectivity index (χ0n) is 8.59. The lowest BCUT2D eigenvalue weighted by atomic mass is 9.84. The first kappa shape index (κ1) is 12.0. The van der Waals surface area contributed by atoms with Gasteiger partial charge in [-0.15, -0.1) is 0 Å². The molecule has 82 valence electrons. The maximum atomic E-state index is 11.6. The summed E-state index contributed by atoms with van der Waals surface area (Å²) >= 11 is 3.37. The summed E-state index contributed by atoms with van der Waals surface area (Å²) < 4.78 is 5.05. The Morgan fingerprint density at radius 2 is 2.36 bits per heavy atom. The van der Waals surface area contributed by atoms with Gasteiger partial charge < -0.3 is 10.1 Å². The van der Waals surface area contributed by atoms with Crippen LogP contribution in [0.1, 0.15) is 25.7 Å². The van der Waals surface area contributed by atoms with Crippen molar-refractivity contribution in [1.29, 1.82) is 0 Å². The molecule has 1 amide bonds. The largest absolute Gasteiger partial charge is 0.383 e. The van der Waals surface area contributed by atoms with Gasteiger partial charge in [-0.3, -0.25) is 4.79 Å². The lowest BCUT2D eigenvalue weighted by Crippen LogP contribution is -2.43. The van der Waals surface area contributed by atoms with Gasteiger partial charge in [0.2, 0.25) is 5.91 Å². The van der Waals surface area contributed by atoms with Gasteiger partial charge in [0.25, 0.3) is 0 Å². The van der Waals surface area contributed by atoms with Crippen molar-refractivity contribution in [2.45, 2.75) is 31.7 Å². The number of halogens is 1. The maximum absolute atomic E-state index is 11.6. The van der Waals surface area contributed by atoms with Gasteiger partial charge in [0.1, 0.15) is 0 Å². The van der Waals surface area contributed by atoms with Crippen LogP contribution in [-0.2, 0) is 9.53 Å². The Bertz CT molecular complexity index is 177. The second kappa shape index (κ2) is 6.40. The summed E-state index contributed by atoms with van der Waals surface area (Å²) in [5, 5.41) is 3.92. The molecule has 3 nitrogen and oxygen atoms in total. The van der Waals surface area contributed by atoms with E-state index < -0.39 is 0 Å². The number of carbonyl (C=O) groups excluding carboxylic acids is 1. The second-order valence-corrected chi connectivity index (χ2v) is 4.56. The number of alkyl halides is 1. The average Bonchev–Trinajstić information content (AvgIpc) is 2.01. The topological polar surface area (TPSA) is 38.3 Å². The molecular weight excluding hydrogens is 246 g/mol. The number of hydrogen-bond donors (Lipinski definition) is 1. The molecule has 1 atom stereocenters. The van der Waals surface area contributed by atoms with Crippen LogP contribution in [0.3, 0.4) is 0 Å². The van der Waals surface area contributed by atoms with Gasteiger partial charge >= 0.3 is 0 Å². The number of carbonyl (C=O) groups is 1. The highest BCUT2D eigenvalue weighted by atomic mass is 79.9. The fourth-order valence-corrected chi connectivity index (χ4v) is 2.07. The van der Waals surface area contributed by atoms with Crippen LogP contribution in [0.5, 0.6) is 0 Å². The van der Waals surface area contributed by atoms with E-state index in [9.17, 15) is 4.79 Å². The third-order valence-electron chi connectivity index (χ3n) is 2.65. The van der Waals surface area contributed by atoms with Crippen molar-refractivity contribution in [1.82, 2.24) is 5.32 Å². The fourth-order valence-electron chi connectivity index (χ4n) is 1.52. The minimum atomic E-state index is 0.160. The number of amides is 1. The molecular formula is C10H18BrNO2. The Balaban J connectivity index is 2.25. The molecule has 1 unspecified atom stereocenters. The highest BCUT2D eigenvalue weighted by Crippen LogP contribution is 2.26. The van der Waals surface area contributed by atoms with Crippen LogP contribution in [0.2, 0.25) is 0 Å². The summed E-state index contributed by atoms with van der Waals surface area (Å²) in [6.07, 6.45) is 4.23. The van der Waals surface area contributed by atoms with Crippen molar-refractivity contribution in [2.24, 2.45) is 5.92 Å². The molecule has 0 aromatic carbocycles. The number of methoxy groups -OCH3 is 1. The summed E-state index contributed by atoms with van der Waals surface area (Å²) in [4.78, 5) is 11.6. The maximum Gasteiger partial charge on any atom is 0.223 e. The van der Waals surface area contributed by atoms with Crippen LogP contribution < -0.4 is 5.32 Å². The first-order chi connectivity index (χ1) is 6.77.